The van der Waals surface area contributed by atoms with Crippen molar-refractivity contribution in [3.63, 3.8) is 0 Å². The monoisotopic (exact) mass is 472 g/mol. The topological polar surface area (TPSA) is 87.2 Å². The molecule has 7 heteroatoms. The standard InChI is InChI=1S/C27H40N2O5/c1-18-15-21(16-19(2)26(18)32)17-20(3)27(33)29-13-9-23(10-14-29)22-7-11-28(12-8-22)24(30)5-6-25(31)34-4/h15-16,20,22-23,32H,5-14,17H2,1-4H3/t20-/m1/s1. The van der Waals surface area contributed by atoms with Crippen LogP contribution in [-0.2, 0) is 25.5 Å². The smallest absolute Gasteiger partial charge is 0.306 e. The Morgan fingerprint density at radius 2 is 1.44 bits per heavy atom. The van der Waals surface area contributed by atoms with Crippen LogP contribution in [0, 0.1) is 31.6 Å². The summed E-state index contributed by atoms with van der Waals surface area (Å²) in [6.07, 6.45) is 5.10. The summed E-state index contributed by atoms with van der Waals surface area (Å²) < 4.78 is 4.62. The fourth-order valence-electron chi connectivity index (χ4n) is 5.60. The Labute approximate surface area is 203 Å². The summed E-state index contributed by atoms with van der Waals surface area (Å²) in [5.41, 5.74) is 2.80. The number of hydrogen-bond donors (Lipinski definition) is 1. The maximum Gasteiger partial charge on any atom is 0.306 e. The average molecular weight is 473 g/mol. The molecule has 1 aromatic carbocycles. The number of phenols is 1. The van der Waals surface area contributed by atoms with Gasteiger partial charge >= 0.3 is 5.97 Å². The highest BCUT2D eigenvalue weighted by Gasteiger charge is 2.33. The van der Waals surface area contributed by atoms with Gasteiger partial charge in [-0.1, -0.05) is 19.1 Å². The number of carbonyl (C=O) groups is 3. The highest BCUT2D eigenvalue weighted by Crippen LogP contribution is 2.33. The number of ether oxygens (including phenoxy) is 1. The number of aromatic hydroxyl groups is 1. The van der Waals surface area contributed by atoms with Crippen molar-refractivity contribution in [2.45, 2.75) is 65.7 Å². The number of methoxy groups -OCH3 is 1. The third-order valence-electron chi connectivity index (χ3n) is 7.70. The van der Waals surface area contributed by atoms with Gasteiger partial charge in [-0.15, -0.1) is 0 Å². The normalized spacial score (nSPS) is 18.6. The van der Waals surface area contributed by atoms with E-state index >= 15 is 0 Å². The Bertz CT molecular complexity index is 860. The third-order valence-corrected chi connectivity index (χ3v) is 7.70. The van der Waals surface area contributed by atoms with E-state index in [1.54, 1.807) is 0 Å². The minimum absolute atomic E-state index is 0.0391. The Kier molecular flexibility index (Phi) is 8.97. The van der Waals surface area contributed by atoms with Gasteiger partial charge in [-0.05, 0) is 74.5 Å². The van der Waals surface area contributed by atoms with Crippen LogP contribution in [0.3, 0.4) is 0 Å². The molecule has 34 heavy (non-hydrogen) atoms. The van der Waals surface area contributed by atoms with Gasteiger partial charge in [0, 0.05) is 38.5 Å². The summed E-state index contributed by atoms with van der Waals surface area (Å²) in [5.74, 6) is 1.37. The molecule has 0 aliphatic carbocycles. The number of piperidine rings is 2. The fourth-order valence-corrected chi connectivity index (χ4v) is 5.60. The predicted molar refractivity (Wildman–Crippen MR) is 130 cm³/mol. The van der Waals surface area contributed by atoms with Gasteiger partial charge in [0.15, 0.2) is 0 Å². The van der Waals surface area contributed by atoms with E-state index in [2.05, 4.69) is 4.74 Å². The summed E-state index contributed by atoms with van der Waals surface area (Å²) in [7, 11) is 1.34. The first-order valence-corrected chi connectivity index (χ1v) is 12.6. The number of rotatable bonds is 7. The fraction of sp³-hybridized carbons (Fsp3) is 0.667. The Morgan fingerprint density at radius 3 is 1.94 bits per heavy atom. The maximum absolute atomic E-state index is 13.1. The van der Waals surface area contributed by atoms with E-state index in [4.69, 9.17) is 0 Å². The lowest BCUT2D eigenvalue weighted by molar-refractivity contribution is -0.144. The minimum Gasteiger partial charge on any atom is -0.507 e. The molecule has 2 fully saturated rings. The Morgan fingerprint density at radius 1 is 0.941 bits per heavy atom. The first-order valence-electron chi connectivity index (χ1n) is 12.6. The van der Waals surface area contributed by atoms with Crippen molar-refractivity contribution in [2.75, 3.05) is 33.3 Å². The van der Waals surface area contributed by atoms with Crippen molar-refractivity contribution >= 4 is 17.8 Å². The van der Waals surface area contributed by atoms with Crippen molar-refractivity contribution in [2.24, 2.45) is 17.8 Å². The molecule has 7 nitrogen and oxygen atoms in total. The van der Waals surface area contributed by atoms with E-state index in [0.717, 1.165) is 68.6 Å². The summed E-state index contributed by atoms with van der Waals surface area (Å²) >= 11 is 0. The zero-order valence-corrected chi connectivity index (χ0v) is 21.1. The molecule has 1 aromatic rings. The number of likely N-dealkylation sites (tertiary alicyclic amines) is 2. The van der Waals surface area contributed by atoms with Gasteiger partial charge in [-0.3, -0.25) is 14.4 Å². The SMILES string of the molecule is COC(=O)CCC(=O)N1CCC(C2CCN(C(=O)[C@H](C)Cc3cc(C)c(O)c(C)c3)CC2)CC1. The van der Waals surface area contributed by atoms with E-state index in [-0.39, 0.29) is 36.5 Å². The van der Waals surface area contributed by atoms with Gasteiger partial charge in [0.05, 0.1) is 13.5 Å². The van der Waals surface area contributed by atoms with Crippen LogP contribution in [0.5, 0.6) is 5.75 Å². The van der Waals surface area contributed by atoms with E-state index in [1.807, 2.05) is 42.7 Å². The first kappa shape index (κ1) is 26.0. The molecule has 1 atom stereocenters. The molecule has 0 radical (unpaired) electrons. The molecule has 3 rings (SSSR count). The zero-order chi connectivity index (χ0) is 24.8. The van der Waals surface area contributed by atoms with Gasteiger partial charge in [-0.2, -0.15) is 0 Å². The summed E-state index contributed by atoms with van der Waals surface area (Å²) in [6, 6.07) is 3.95. The van der Waals surface area contributed by atoms with Crippen molar-refractivity contribution in [1.82, 2.24) is 9.80 Å². The average Bonchev–Trinajstić information content (AvgIpc) is 2.85. The first-order chi connectivity index (χ1) is 16.2. The zero-order valence-electron chi connectivity index (χ0n) is 21.1. The summed E-state index contributed by atoms with van der Waals surface area (Å²) in [4.78, 5) is 40.6. The van der Waals surface area contributed by atoms with Crippen LogP contribution >= 0.6 is 0 Å². The molecule has 2 saturated heterocycles. The van der Waals surface area contributed by atoms with Crippen molar-refractivity contribution in [3.05, 3.63) is 28.8 Å². The Hall–Kier alpha value is -2.57. The highest BCUT2D eigenvalue weighted by molar-refractivity contribution is 5.81. The minimum atomic E-state index is -0.341. The molecule has 2 amide bonds. The molecule has 2 aliphatic heterocycles. The lowest BCUT2D eigenvalue weighted by atomic mass is 9.78. The molecule has 0 bridgehead atoms. The van der Waals surface area contributed by atoms with Crippen LogP contribution in [0.4, 0.5) is 0 Å². The molecular formula is C27H40N2O5. The van der Waals surface area contributed by atoms with Crippen molar-refractivity contribution in [1.29, 1.82) is 0 Å². The number of carbonyl (C=O) groups excluding carboxylic acids is 3. The molecule has 0 saturated carbocycles. The molecule has 0 unspecified atom stereocenters. The lowest BCUT2D eigenvalue weighted by Gasteiger charge is -2.40. The van der Waals surface area contributed by atoms with E-state index in [0.29, 0.717) is 24.0 Å². The maximum atomic E-state index is 13.1. The summed E-state index contributed by atoms with van der Waals surface area (Å²) in [6.45, 7) is 8.91. The Balaban J connectivity index is 1.42. The van der Waals surface area contributed by atoms with Gasteiger partial charge < -0.3 is 19.6 Å². The second-order valence-corrected chi connectivity index (χ2v) is 10.1. The largest absolute Gasteiger partial charge is 0.507 e. The van der Waals surface area contributed by atoms with Crippen LogP contribution in [0.1, 0.15) is 62.1 Å². The number of aryl methyl sites for hydroxylation is 2. The van der Waals surface area contributed by atoms with Gasteiger partial charge in [-0.25, -0.2) is 0 Å². The predicted octanol–water partition coefficient (Wildman–Crippen LogP) is 3.62. The molecule has 0 aromatic heterocycles. The second kappa shape index (κ2) is 11.7. The van der Waals surface area contributed by atoms with Crippen LogP contribution in [0.15, 0.2) is 12.1 Å². The van der Waals surface area contributed by atoms with Crippen molar-refractivity contribution in [3.8, 4) is 5.75 Å². The van der Waals surface area contributed by atoms with Crippen LogP contribution in [-0.4, -0.2) is 66.0 Å². The van der Waals surface area contributed by atoms with Gasteiger partial charge in [0.25, 0.3) is 0 Å². The van der Waals surface area contributed by atoms with E-state index in [1.165, 1.54) is 7.11 Å². The molecule has 0 spiro atoms. The molecular weight excluding hydrogens is 432 g/mol. The molecule has 2 aliphatic rings. The van der Waals surface area contributed by atoms with E-state index < -0.39 is 0 Å². The van der Waals surface area contributed by atoms with Crippen LogP contribution in [0.2, 0.25) is 0 Å². The van der Waals surface area contributed by atoms with Crippen LogP contribution < -0.4 is 0 Å². The number of esters is 1. The highest BCUT2D eigenvalue weighted by atomic mass is 16.5. The molecule has 2 heterocycles. The second-order valence-electron chi connectivity index (χ2n) is 10.1. The van der Waals surface area contributed by atoms with E-state index in [9.17, 15) is 19.5 Å². The third kappa shape index (κ3) is 6.51. The molecule has 188 valence electrons. The number of nitrogens with zero attached hydrogens (tertiary/aromatic N) is 2. The number of phenolic OH excluding ortho intramolecular Hbond substituents is 1. The van der Waals surface area contributed by atoms with Gasteiger partial charge in [0.1, 0.15) is 5.75 Å². The lowest BCUT2D eigenvalue weighted by Crippen LogP contribution is -2.45. The van der Waals surface area contributed by atoms with Crippen LogP contribution in [0.25, 0.3) is 0 Å². The number of amides is 2. The number of hydrogen-bond acceptors (Lipinski definition) is 5. The van der Waals surface area contributed by atoms with Crippen molar-refractivity contribution < 1.29 is 24.2 Å². The number of benzene rings is 1. The van der Waals surface area contributed by atoms with Gasteiger partial charge in [0.2, 0.25) is 11.8 Å². The summed E-state index contributed by atoms with van der Waals surface area (Å²) in [5, 5.41) is 9.99. The quantitative estimate of drug-likeness (QED) is 0.613. The molecule has 1 N–H and O–H groups in total.